The second-order valence-corrected chi connectivity index (χ2v) is 6.53. The summed E-state index contributed by atoms with van der Waals surface area (Å²) >= 11 is 7.16. The maximum atomic E-state index is 3.60. The van der Waals surface area contributed by atoms with Crippen molar-refractivity contribution in [3.05, 3.63) is 0 Å². The van der Waals surface area contributed by atoms with E-state index in [-0.39, 0.29) is 0 Å². The van der Waals surface area contributed by atoms with Crippen LogP contribution in [0.4, 0.5) is 0 Å². The molecule has 0 fully saturated rings. The second kappa shape index (κ2) is 4.10. The van der Waals surface area contributed by atoms with Crippen LogP contribution in [0, 0.1) is 5.41 Å². The molecule has 10 heavy (non-hydrogen) atoms. The maximum Gasteiger partial charge on any atom is 0.0169 e. The summed E-state index contributed by atoms with van der Waals surface area (Å²) in [6.07, 6.45) is 1.21. The Labute approximate surface area is 81.0 Å². The van der Waals surface area contributed by atoms with Crippen molar-refractivity contribution in [3.63, 3.8) is 0 Å². The molecule has 0 aromatic rings. The monoisotopic (exact) mass is 270 g/mol. The highest BCUT2D eigenvalue weighted by Crippen LogP contribution is 2.33. The van der Waals surface area contributed by atoms with Gasteiger partial charge in [-0.1, -0.05) is 59.6 Å². The number of hydrogen-bond donors (Lipinski definition) is 0. The van der Waals surface area contributed by atoms with Gasteiger partial charge in [-0.05, 0) is 11.8 Å². The third kappa shape index (κ3) is 3.97. The van der Waals surface area contributed by atoms with Crippen molar-refractivity contribution in [1.82, 2.24) is 0 Å². The lowest BCUT2D eigenvalue weighted by atomic mass is 9.85. The van der Waals surface area contributed by atoms with Gasteiger partial charge in [0, 0.05) is 9.65 Å². The van der Waals surface area contributed by atoms with Crippen LogP contribution < -0.4 is 0 Å². The van der Waals surface area contributed by atoms with Gasteiger partial charge in [-0.25, -0.2) is 0 Å². The summed E-state index contributed by atoms with van der Waals surface area (Å²) in [6, 6.07) is 0. The average molecular weight is 272 g/mol. The Bertz CT molecular complexity index is 95.4. The van der Waals surface area contributed by atoms with E-state index in [4.69, 9.17) is 0 Å². The van der Waals surface area contributed by atoms with Gasteiger partial charge in [0.15, 0.2) is 0 Å². The standard InChI is InChI=1S/C8H16Br2/c1-6(9)5-8(3,4)7(2)10/h6-7H,5H2,1-4H3. The number of alkyl halides is 2. The summed E-state index contributed by atoms with van der Waals surface area (Å²) < 4.78 is 0. The molecule has 0 aliphatic carbocycles. The van der Waals surface area contributed by atoms with Gasteiger partial charge in [-0.15, -0.1) is 0 Å². The fourth-order valence-electron chi connectivity index (χ4n) is 0.887. The lowest BCUT2D eigenvalue weighted by Crippen LogP contribution is -2.24. The largest absolute Gasteiger partial charge is 0.0893 e. The summed E-state index contributed by atoms with van der Waals surface area (Å²) in [5, 5.41) is 0. The van der Waals surface area contributed by atoms with Crippen LogP contribution in [0.25, 0.3) is 0 Å². The predicted octanol–water partition coefficient (Wildman–Crippen LogP) is 3.97. The van der Waals surface area contributed by atoms with E-state index in [0.717, 1.165) is 0 Å². The topological polar surface area (TPSA) is 0 Å². The smallest absolute Gasteiger partial charge is 0.0169 e. The van der Waals surface area contributed by atoms with Crippen LogP contribution in [-0.2, 0) is 0 Å². The molecule has 2 unspecified atom stereocenters. The minimum Gasteiger partial charge on any atom is -0.0893 e. The first kappa shape index (κ1) is 11.0. The highest BCUT2D eigenvalue weighted by atomic mass is 79.9. The normalized spacial score (nSPS) is 18.6. The molecule has 62 valence electrons. The van der Waals surface area contributed by atoms with Gasteiger partial charge in [0.25, 0.3) is 0 Å². The van der Waals surface area contributed by atoms with E-state index in [0.29, 0.717) is 15.1 Å². The SMILES string of the molecule is CC(Br)CC(C)(C)C(C)Br. The van der Waals surface area contributed by atoms with Crippen LogP contribution in [0.3, 0.4) is 0 Å². The van der Waals surface area contributed by atoms with Crippen molar-refractivity contribution in [2.75, 3.05) is 0 Å². The van der Waals surface area contributed by atoms with E-state index < -0.39 is 0 Å². The molecule has 0 rings (SSSR count). The van der Waals surface area contributed by atoms with Crippen LogP contribution in [0.1, 0.15) is 34.1 Å². The van der Waals surface area contributed by atoms with Crippen molar-refractivity contribution in [2.24, 2.45) is 5.41 Å². The van der Waals surface area contributed by atoms with Gasteiger partial charge in [0.1, 0.15) is 0 Å². The van der Waals surface area contributed by atoms with Gasteiger partial charge in [-0.3, -0.25) is 0 Å². The first-order chi connectivity index (χ1) is 4.36. The van der Waals surface area contributed by atoms with E-state index in [1.165, 1.54) is 6.42 Å². The second-order valence-electron chi connectivity index (χ2n) is 3.59. The fraction of sp³-hybridized carbons (Fsp3) is 1.00. The van der Waals surface area contributed by atoms with Crippen LogP contribution in [0.2, 0.25) is 0 Å². The molecule has 0 saturated heterocycles. The Morgan fingerprint density at radius 3 is 1.70 bits per heavy atom. The molecule has 0 nitrogen and oxygen atoms in total. The molecular formula is C8H16Br2. The number of hydrogen-bond acceptors (Lipinski definition) is 0. The summed E-state index contributed by atoms with van der Waals surface area (Å²) in [5.74, 6) is 0. The molecule has 0 aromatic carbocycles. The maximum absolute atomic E-state index is 3.60. The molecule has 0 saturated carbocycles. The molecule has 0 aliphatic rings. The van der Waals surface area contributed by atoms with Crippen LogP contribution >= 0.6 is 31.9 Å². The molecule has 0 aromatic heterocycles. The van der Waals surface area contributed by atoms with Crippen molar-refractivity contribution in [2.45, 2.75) is 43.8 Å². The van der Waals surface area contributed by atoms with Crippen molar-refractivity contribution < 1.29 is 0 Å². The summed E-state index contributed by atoms with van der Waals surface area (Å²) in [6.45, 7) is 8.96. The molecule has 0 amide bonds. The molecule has 0 bridgehead atoms. The quantitative estimate of drug-likeness (QED) is 0.682. The zero-order valence-electron chi connectivity index (χ0n) is 7.12. The fourth-order valence-corrected chi connectivity index (χ4v) is 1.91. The summed E-state index contributed by atoms with van der Waals surface area (Å²) in [7, 11) is 0. The molecule has 0 spiro atoms. The van der Waals surface area contributed by atoms with E-state index in [2.05, 4.69) is 59.6 Å². The molecule has 0 aliphatic heterocycles. The van der Waals surface area contributed by atoms with Gasteiger partial charge in [0.05, 0.1) is 0 Å². The third-order valence-corrected chi connectivity index (χ3v) is 3.45. The van der Waals surface area contributed by atoms with E-state index in [9.17, 15) is 0 Å². The minimum absolute atomic E-state index is 0.392. The van der Waals surface area contributed by atoms with E-state index in [1.54, 1.807) is 0 Å². The molecule has 0 N–H and O–H groups in total. The minimum atomic E-state index is 0.392. The van der Waals surface area contributed by atoms with E-state index >= 15 is 0 Å². The summed E-state index contributed by atoms with van der Waals surface area (Å²) in [5.41, 5.74) is 0.392. The summed E-state index contributed by atoms with van der Waals surface area (Å²) in [4.78, 5) is 1.20. The Morgan fingerprint density at radius 2 is 1.60 bits per heavy atom. The highest BCUT2D eigenvalue weighted by molar-refractivity contribution is 9.09. The highest BCUT2D eigenvalue weighted by Gasteiger charge is 2.24. The lowest BCUT2D eigenvalue weighted by molar-refractivity contribution is 0.340. The van der Waals surface area contributed by atoms with Crippen molar-refractivity contribution >= 4 is 31.9 Å². The Kier molecular flexibility index (Phi) is 4.50. The zero-order chi connectivity index (χ0) is 8.36. The molecular weight excluding hydrogens is 256 g/mol. The van der Waals surface area contributed by atoms with Gasteiger partial charge >= 0.3 is 0 Å². The van der Waals surface area contributed by atoms with Gasteiger partial charge in [0.2, 0.25) is 0 Å². The van der Waals surface area contributed by atoms with Crippen LogP contribution in [0.5, 0.6) is 0 Å². The average Bonchev–Trinajstić information content (AvgIpc) is 1.60. The third-order valence-electron chi connectivity index (χ3n) is 1.88. The van der Waals surface area contributed by atoms with Gasteiger partial charge in [-0.2, -0.15) is 0 Å². The van der Waals surface area contributed by atoms with Gasteiger partial charge < -0.3 is 0 Å². The molecule has 2 heteroatoms. The first-order valence-electron chi connectivity index (χ1n) is 3.64. The molecule has 0 radical (unpaired) electrons. The van der Waals surface area contributed by atoms with Crippen LogP contribution in [0.15, 0.2) is 0 Å². The lowest BCUT2D eigenvalue weighted by Gasteiger charge is -2.28. The number of halogens is 2. The Balaban J connectivity index is 3.87. The Hall–Kier alpha value is 0.960. The van der Waals surface area contributed by atoms with Crippen molar-refractivity contribution in [3.8, 4) is 0 Å². The molecule has 0 heterocycles. The molecule has 2 atom stereocenters. The Morgan fingerprint density at radius 1 is 1.20 bits per heavy atom. The first-order valence-corrected chi connectivity index (χ1v) is 5.47. The zero-order valence-corrected chi connectivity index (χ0v) is 10.3. The predicted molar refractivity (Wildman–Crippen MR) is 55.2 cm³/mol. The van der Waals surface area contributed by atoms with Crippen molar-refractivity contribution in [1.29, 1.82) is 0 Å². The number of rotatable bonds is 3. The van der Waals surface area contributed by atoms with E-state index in [1.807, 2.05) is 0 Å². The van der Waals surface area contributed by atoms with Crippen LogP contribution in [-0.4, -0.2) is 9.65 Å².